The van der Waals surface area contributed by atoms with Crippen molar-refractivity contribution in [3.8, 4) is 22.8 Å². The topological polar surface area (TPSA) is 142 Å². The highest BCUT2D eigenvalue weighted by Crippen LogP contribution is 2.48. The highest BCUT2D eigenvalue weighted by atomic mass is 19.4. The second kappa shape index (κ2) is 10.9. The molecule has 2 saturated carbocycles. The highest BCUT2D eigenvalue weighted by Gasteiger charge is 2.58. The SMILES string of the molecule is C[C@]1(C(N)=O)COc2c1cc(C(O)(CNC(=O)c1cc(OCC3CC3)c3nn(C4(F)CC4)cc3c1)C(F)(F)F)nc2-c1ccc(F)cc1. The first kappa shape index (κ1) is 31.8. The largest absolute Gasteiger partial charge is 0.491 e. The average Bonchev–Trinajstić information content (AvgIpc) is 3.95. The maximum absolute atomic E-state index is 14.8. The number of nitrogens with two attached hydrogens (primary N) is 1. The van der Waals surface area contributed by atoms with Crippen molar-refractivity contribution in [3.63, 3.8) is 0 Å². The summed E-state index contributed by atoms with van der Waals surface area (Å²) in [5.74, 6) is -3.71. The first-order valence-corrected chi connectivity index (χ1v) is 15.3. The first-order chi connectivity index (χ1) is 22.6. The van der Waals surface area contributed by atoms with Crippen molar-refractivity contribution in [1.29, 1.82) is 0 Å². The van der Waals surface area contributed by atoms with Gasteiger partial charge in [-0.1, -0.05) is 0 Å². The number of fused-ring (bicyclic) bond motifs is 2. The highest BCUT2D eigenvalue weighted by molar-refractivity contribution is 6.00. The van der Waals surface area contributed by atoms with Crippen LogP contribution in [-0.2, 0) is 21.6 Å². The summed E-state index contributed by atoms with van der Waals surface area (Å²) in [7, 11) is 0. The maximum Gasteiger partial charge on any atom is 0.424 e. The summed E-state index contributed by atoms with van der Waals surface area (Å²) < 4.78 is 85.8. The molecule has 7 rings (SSSR count). The van der Waals surface area contributed by atoms with E-state index in [0.717, 1.165) is 35.7 Å². The van der Waals surface area contributed by atoms with E-state index in [1.807, 2.05) is 0 Å². The number of hydrogen-bond donors (Lipinski definition) is 3. The molecule has 2 amide bonds. The molecule has 1 unspecified atom stereocenters. The fraction of sp³-hybridized carbons (Fsp3) is 0.394. The Bertz CT molecular complexity index is 1960. The Balaban J connectivity index is 1.25. The van der Waals surface area contributed by atoms with E-state index in [9.17, 15) is 36.6 Å². The number of amides is 2. The molecule has 0 radical (unpaired) electrons. The van der Waals surface area contributed by atoms with Gasteiger partial charge in [-0.3, -0.25) is 9.59 Å². The van der Waals surface area contributed by atoms with E-state index in [-0.39, 0.29) is 53.3 Å². The van der Waals surface area contributed by atoms with Crippen LogP contribution in [0.5, 0.6) is 11.5 Å². The van der Waals surface area contributed by atoms with Gasteiger partial charge < -0.3 is 25.6 Å². The number of alkyl halides is 4. The molecule has 15 heteroatoms. The second-order valence-corrected chi connectivity index (χ2v) is 12.9. The van der Waals surface area contributed by atoms with E-state index in [4.69, 9.17) is 15.2 Å². The lowest BCUT2D eigenvalue weighted by atomic mass is 9.81. The van der Waals surface area contributed by atoms with Crippen LogP contribution in [0.4, 0.5) is 22.0 Å². The fourth-order valence-electron chi connectivity index (χ4n) is 5.62. The van der Waals surface area contributed by atoms with Gasteiger partial charge in [-0.2, -0.15) is 18.3 Å². The summed E-state index contributed by atoms with van der Waals surface area (Å²) in [5, 5.41) is 18.2. The predicted octanol–water partition coefficient (Wildman–Crippen LogP) is 4.76. The Morgan fingerprint density at radius 1 is 1.17 bits per heavy atom. The van der Waals surface area contributed by atoms with E-state index in [2.05, 4.69) is 15.4 Å². The zero-order chi connectivity index (χ0) is 34.2. The molecule has 2 fully saturated rings. The molecule has 1 aliphatic heterocycles. The summed E-state index contributed by atoms with van der Waals surface area (Å²) in [6, 6.07) is 8.20. The number of aromatic nitrogens is 3. The van der Waals surface area contributed by atoms with Gasteiger partial charge in [0.05, 0.1) is 18.8 Å². The summed E-state index contributed by atoms with van der Waals surface area (Å²) >= 11 is 0. The van der Waals surface area contributed by atoms with Crippen molar-refractivity contribution in [2.75, 3.05) is 19.8 Å². The standard InChI is InChI=1S/C33H30F5N5O5/c1-30(29(39)45)16-48-27-22(30)12-24(41-26(27)18-4-6-21(34)7-5-18)32(46,33(36,37)38)15-40-28(44)19-10-20-13-43(31(35)8-9-31)42-25(20)23(11-19)47-14-17-2-3-17/h4-7,10-13,17,46H,2-3,8-9,14-16H2,1H3,(H2,39,45)(H,40,44)/t30-,32?/m0/s1. The third kappa shape index (κ3) is 5.39. The van der Waals surface area contributed by atoms with Crippen molar-refractivity contribution in [1.82, 2.24) is 20.1 Å². The summed E-state index contributed by atoms with van der Waals surface area (Å²) in [5.41, 5.74) is -0.611. The van der Waals surface area contributed by atoms with Gasteiger partial charge >= 0.3 is 6.18 Å². The van der Waals surface area contributed by atoms with E-state index in [1.54, 1.807) is 0 Å². The molecule has 2 aromatic carbocycles. The van der Waals surface area contributed by atoms with Crippen molar-refractivity contribution in [2.45, 2.75) is 55.6 Å². The van der Waals surface area contributed by atoms with E-state index in [1.165, 1.54) is 37.4 Å². The third-order valence-corrected chi connectivity index (χ3v) is 9.21. The van der Waals surface area contributed by atoms with Crippen molar-refractivity contribution < 1.29 is 46.1 Å². The molecule has 3 aliphatic rings. The van der Waals surface area contributed by atoms with Crippen LogP contribution in [0.15, 0.2) is 48.7 Å². The minimum absolute atomic E-state index is 0.0472. The van der Waals surface area contributed by atoms with Crippen LogP contribution < -0.4 is 20.5 Å². The van der Waals surface area contributed by atoms with Gasteiger partial charge in [-0.25, -0.2) is 18.4 Å². The number of benzene rings is 2. The Labute approximate surface area is 270 Å². The Hall–Kier alpha value is -4.79. The Kier molecular flexibility index (Phi) is 7.20. The van der Waals surface area contributed by atoms with Crippen LogP contribution >= 0.6 is 0 Å². The smallest absolute Gasteiger partial charge is 0.424 e. The van der Waals surface area contributed by atoms with E-state index in [0.29, 0.717) is 23.4 Å². The van der Waals surface area contributed by atoms with Crippen LogP contribution in [0, 0.1) is 11.7 Å². The van der Waals surface area contributed by atoms with E-state index >= 15 is 0 Å². The monoisotopic (exact) mass is 671 g/mol. The molecular formula is C33H30F5N5O5. The fourth-order valence-corrected chi connectivity index (χ4v) is 5.62. The second-order valence-electron chi connectivity index (χ2n) is 12.9. The van der Waals surface area contributed by atoms with Crippen molar-refractivity contribution in [2.24, 2.45) is 11.7 Å². The van der Waals surface area contributed by atoms with Crippen LogP contribution in [-0.4, -0.2) is 57.6 Å². The molecule has 0 spiro atoms. The van der Waals surface area contributed by atoms with E-state index < -0.39 is 52.9 Å². The van der Waals surface area contributed by atoms with Gasteiger partial charge in [0, 0.05) is 41.1 Å². The number of halogens is 5. The first-order valence-electron chi connectivity index (χ1n) is 15.3. The number of primary amides is 1. The van der Waals surface area contributed by atoms with Crippen LogP contribution in [0.2, 0.25) is 0 Å². The molecular weight excluding hydrogens is 641 g/mol. The van der Waals surface area contributed by atoms with Gasteiger partial charge in [-0.15, -0.1) is 0 Å². The van der Waals surface area contributed by atoms with Gasteiger partial charge in [0.2, 0.25) is 17.3 Å². The van der Waals surface area contributed by atoms with Crippen LogP contribution in [0.1, 0.15) is 54.2 Å². The number of carbonyl (C=O) groups is 2. The number of pyridine rings is 1. The molecule has 4 N–H and O–H groups in total. The minimum atomic E-state index is -5.40. The molecule has 10 nitrogen and oxygen atoms in total. The van der Waals surface area contributed by atoms with Gasteiger partial charge in [0.25, 0.3) is 5.91 Å². The Morgan fingerprint density at radius 2 is 1.88 bits per heavy atom. The molecule has 0 bridgehead atoms. The number of rotatable bonds is 10. The number of ether oxygens (including phenoxy) is 2. The zero-order valence-corrected chi connectivity index (χ0v) is 25.5. The molecule has 2 aromatic heterocycles. The molecule has 48 heavy (non-hydrogen) atoms. The van der Waals surface area contributed by atoms with Crippen LogP contribution in [0.3, 0.4) is 0 Å². The number of hydrogen-bond acceptors (Lipinski definition) is 7. The van der Waals surface area contributed by atoms with Crippen LogP contribution in [0.25, 0.3) is 22.2 Å². The quantitative estimate of drug-likeness (QED) is 0.207. The normalized spacial score (nSPS) is 20.9. The van der Waals surface area contributed by atoms with Gasteiger partial charge in [0.15, 0.2) is 0 Å². The van der Waals surface area contributed by atoms with Gasteiger partial charge in [-0.05, 0) is 68.1 Å². The van der Waals surface area contributed by atoms with Crippen molar-refractivity contribution >= 4 is 22.7 Å². The number of nitrogens with one attached hydrogen (secondary N) is 1. The third-order valence-electron chi connectivity index (χ3n) is 9.21. The predicted molar refractivity (Wildman–Crippen MR) is 160 cm³/mol. The Morgan fingerprint density at radius 3 is 2.50 bits per heavy atom. The molecule has 4 aromatic rings. The summed E-state index contributed by atoms with van der Waals surface area (Å²) in [6.07, 6.45) is -1.51. The molecule has 2 atom stereocenters. The summed E-state index contributed by atoms with van der Waals surface area (Å²) in [6.45, 7) is 0.00603. The zero-order valence-electron chi connectivity index (χ0n) is 25.5. The number of aliphatic hydroxyl groups is 1. The molecule has 0 saturated heterocycles. The lowest BCUT2D eigenvalue weighted by Crippen LogP contribution is -2.51. The summed E-state index contributed by atoms with van der Waals surface area (Å²) in [4.78, 5) is 30.0. The molecule has 3 heterocycles. The average molecular weight is 672 g/mol. The molecule has 2 aliphatic carbocycles. The van der Waals surface area contributed by atoms with Crippen molar-refractivity contribution in [3.05, 3.63) is 71.3 Å². The number of carbonyl (C=O) groups excluding carboxylic acids is 2. The lowest BCUT2D eigenvalue weighted by molar-refractivity contribution is -0.265. The van der Waals surface area contributed by atoms with Gasteiger partial charge in [0.1, 0.15) is 40.5 Å². The minimum Gasteiger partial charge on any atom is -0.491 e. The maximum atomic E-state index is 14.8. The molecule has 252 valence electrons. The lowest BCUT2D eigenvalue weighted by Gasteiger charge is -2.31. The number of nitrogens with zero attached hydrogens (tertiary/aromatic N) is 3.